The summed E-state index contributed by atoms with van der Waals surface area (Å²) >= 11 is 0. The second-order valence-corrected chi connectivity index (χ2v) is 7.16. The molecule has 150 valence electrons. The van der Waals surface area contributed by atoms with Crippen LogP contribution in [0.25, 0.3) is 0 Å². The van der Waals surface area contributed by atoms with Gasteiger partial charge in [-0.2, -0.15) is 0 Å². The van der Waals surface area contributed by atoms with E-state index in [0.29, 0.717) is 26.2 Å². The van der Waals surface area contributed by atoms with Crippen LogP contribution in [0.4, 0.5) is 0 Å². The zero-order valence-corrected chi connectivity index (χ0v) is 16.4. The number of benzene rings is 1. The highest BCUT2D eigenvalue weighted by molar-refractivity contribution is 5.87. The monoisotopic (exact) mass is 384 g/mol. The minimum atomic E-state index is -0.0718. The molecular formula is C22H28N2O4. The van der Waals surface area contributed by atoms with Gasteiger partial charge < -0.3 is 19.0 Å². The molecule has 6 heteroatoms. The number of methoxy groups -OCH3 is 1. The highest BCUT2D eigenvalue weighted by Gasteiger charge is 2.34. The normalized spacial score (nSPS) is 13.3. The Morgan fingerprint density at radius 3 is 2.50 bits per heavy atom. The third-order valence-electron chi connectivity index (χ3n) is 4.92. The van der Waals surface area contributed by atoms with Gasteiger partial charge in [0.05, 0.1) is 26.0 Å². The molecule has 3 rings (SSSR count). The molecule has 2 aromatic rings. The third-order valence-corrected chi connectivity index (χ3v) is 4.92. The summed E-state index contributed by atoms with van der Waals surface area (Å²) in [5.74, 6) is 0.801. The second kappa shape index (κ2) is 10.1. The predicted octanol–water partition coefficient (Wildman–Crippen LogP) is 2.74. The molecule has 1 aliphatic carbocycles. The molecule has 0 N–H and O–H groups in total. The summed E-state index contributed by atoms with van der Waals surface area (Å²) in [5, 5.41) is 0. The molecule has 1 fully saturated rings. The van der Waals surface area contributed by atoms with Crippen molar-refractivity contribution >= 4 is 11.8 Å². The van der Waals surface area contributed by atoms with Crippen molar-refractivity contribution in [1.82, 2.24) is 9.80 Å². The van der Waals surface area contributed by atoms with E-state index in [1.165, 1.54) is 5.56 Å². The van der Waals surface area contributed by atoms with Crippen molar-refractivity contribution in [3.05, 3.63) is 60.1 Å². The van der Waals surface area contributed by atoms with Crippen LogP contribution in [-0.4, -0.2) is 55.0 Å². The van der Waals surface area contributed by atoms with Gasteiger partial charge in [-0.1, -0.05) is 30.3 Å². The van der Waals surface area contributed by atoms with Gasteiger partial charge in [0.1, 0.15) is 5.76 Å². The van der Waals surface area contributed by atoms with Crippen LogP contribution in [0.15, 0.2) is 53.1 Å². The number of nitrogens with zero attached hydrogens (tertiary/aromatic N) is 2. The van der Waals surface area contributed by atoms with Gasteiger partial charge in [0.25, 0.3) is 0 Å². The molecule has 2 amide bonds. The minimum absolute atomic E-state index is 0.0615. The molecule has 0 spiro atoms. The van der Waals surface area contributed by atoms with E-state index in [1.54, 1.807) is 23.2 Å². The van der Waals surface area contributed by atoms with E-state index in [4.69, 9.17) is 9.15 Å². The first-order valence-electron chi connectivity index (χ1n) is 9.79. The lowest BCUT2D eigenvalue weighted by Crippen LogP contribution is -2.45. The Labute approximate surface area is 166 Å². The van der Waals surface area contributed by atoms with Crippen LogP contribution in [0.5, 0.6) is 0 Å². The van der Waals surface area contributed by atoms with Gasteiger partial charge in [0.2, 0.25) is 11.8 Å². The molecule has 0 saturated heterocycles. The van der Waals surface area contributed by atoms with E-state index in [0.717, 1.165) is 25.0 Å². The van der Waals surface area contributed by atoms with Crippen molar-refractivity contribution in [3.63, 3.8) is 0 Å². The van der Waals surface area contributed by atoms with Crippen LogP contribution in [0.2, 0.25) is 0 Å². The Balaban J connectivity index is 1.65. The fourth-order valence-corrected chi connectivity index (χ4v) is 3.11. The summed E-state index contributed by atoms with van der Waals surface area (Å²) in [5.41, 5.74) is 1.17. The van der Waals surface area contributed by atoms with E-state index in [2.05, 4.69) is 12.1 Å². The Bertz CT molecular complexity index is 741. The second-order valence-electron chi connectivity index (χ2n) is 7.16. The number of hydrogen-bond donors (Lipinski definition) is 0. The van der Waals surface area contributed by atoms with Gasteiger partial charge in [0, 0.05) is 26.1 Å². The molecule has 0 atom stereocenters. The molecular weight excluding hydrogens is 356 g/mol. The van der Waals surface area contributed by atoms with Gasteiger partial charge in [-0.05, 0) is 37.0 Å². The number of hydrogen-bond acceptors (Lipinski definition) is 4. The smallest absolute Gasteiger partial charge is 0.242 e. The van der Waals surface area contributed by atoms with Crippen molar-refractivity contribution in [2.45, 2.75) is 25.8 Å². The maximum Gasteiger partial charge on any atom is 0.242 e. The fourth-order valence-electron chi connectivity index (χ4n) is 3.11. The minimum Gasteiger partial charge on any atom is -0.467 e. The van der Waals surface area contributed by atoms with Crippen molar-refractivity contribution in [1.29, 1.82) is 0 Å². The number of furan rings is 1. The van der Waals surface area contributed by atoms with E-state index in [1.807, 2.05) is 30.3 Å². The van der Waals surface area contributed by atoms with Gasteiger partial charge >= 0.3 is 0 Å². The predicted molar refractivity (Wildman–Crippen MR) is 105 cm³/mol. The summed E-state index contributed by atoms with van der Waals surface area (Å²) < 4.78 is 10.6. The average Bonchev–Trinajstić information content (AvgIpc) is 3.44. The number of amides is 2. The lowest BCUT2D eigenvalue weighted by Gasteiger charge is -2.27. The van der Waals surface area contributed by atoms with Crippen LogP contribution in [-0.2, 0) is 27.3 Å². The molecule has 1 aromatic heterocycles. The Hall–Kier alpha value is -2.60. The topological polar surface area (TPSA) is 63.0 Å². The highest BCUT2D eigenvalue weighted by atomic mass is 16.5. The lowest BCUT2D eigenvalue weighted by atomic mass is 10.1. The van der Waals surface area contributed by atoms with E-state index in [9.17, 15) is 9.59 Å². The fraction of sp³-hybridized carbons (Fsp3) is 0.455. The lowest BCUT2D eigenvalue weighted by molar-refractivity contribution is -0.142. The summed E-state index contributed by atoms with van der Waals surface area (Å²) in [6.45, 7) is 1.90. The molecule has 28 heavy (non-hydrogen) atoms. The standard InChI is InChI=1S/C22H28N2O4/c1-27-15-13-24(22(26)19-9-10-19)17-21(25)23(16-20-8-5-14-28-20)12-11-18-6-3-2-4-7-18/h2-8,14,19H,9-13,15-17H2,1H3. The highest BCUT2D eigenvalue weighted by Crippen LogP contribution is 2.31. The molecule has 0 unspecified atom stereocenters. The molecule has 1 saturated carbocycles. The molecule has 0 bridgehead atoms. The van der Waals surface area contributed by atoms with Crippen molar-refractivity contribution in [2.75, 3.05) is 33.4 Å². The molecule has 0 aliphatic heterocycles. The molecule has 1 heterocycles. The summed E-state index contributed by atoms with van der Waals surface area (Å²) in [6, 6.07) is 13.8. The van der Waals surface area contributed by atoms with Crippen molar-refractivity contribution < 1.29 is 18.7 Å². The number of carbonyl (C=O) groups excluding carboxylic acids is 2. The zero-order chi connectivity index (χ0) is 19.8. The third kappa shape index (κ3) is 5.96. The summed E-state index contributed by atoms with van der Waals surface area (Å²) in [4.78, 5) is 29.0. The number of ether oxygens (including phenoxy) is 1. The Morgan fingerprint density at radius 2 is 1.86 bits per heavy atom. The van der Waals surface area contributed by atoms with E-state index < -0.39 is 0 Å². The van der Waals surface area contributed by atoms with Crippen molar-refractivity contribution in [3.8, 4) is 0 Å². The molecule has 0 radical (unpaired) electrons. The first-order chi connectivity index (χ1) is 13.7. The molecule has 6 nitrogen and oxygen atoms in total. The van der Waals surface area contributed by atoms with Crippen molar-refractivity contribution in [2.24, 2.45) is 5.92 Å². The number of rotatable bonds is 11. The average molecular weight is 384 g/mol. The van der Waals surface area contributed by atoms with Gasteiger partial charge in [-0.15, -0.1) is 0 Å². The SMILES string of the molecule is COCCN(CC(=O)N(CCc1ccccc1)Cc1ccco1)C(=O)C1CC1. The first-order valence-corrected chi connectivity index (χ1v) is 9.79. The Morgan fingerprint density at radius 1 is 1.07 bits per heavy atom. The Kier molecular flexibility index (Phi) is 7.25. The first kappa shape index (κ1) is 20.1. The van der Waals surface area contributed by atoms with E-state index >= 15 is 0 Å². The van der Waals surface area contributed by atoms with Gasteiger partial charge in [-0.3, -0.25) is 9.59 Å². The van der Waals surface area contributed by atoms with Gasteiger partial charge in [-0.25, -0.2) is 0 Å². The van der Waals surface area contributed by atoms with Gasteiger partial charge in [0.15, 0.2) is 0 Å². The maximum atomic E-state index is 13.1. The quantitative estimate of drug-likeness (QED) is 0.598. The van der Waals surface area contributed by atoms with Crippen LogP contribution in [0.1, 0.15) is 24.2 Å². The zero-order valence-electron chi connectivity index (χ0n) is 16.4. The van der Waals surface area contributed by atoms with Crippen LogP contribution < -0.4 is 0 Å². The molecule has 1 aliphatic rings. The van der Waals surface area contributed by atoms with E-state index in [-0.39, 0.29) is 24.3 Å². The van der Waals surface area contributed by atoms with Crippen LogP contribution in [0, 0.1) is 5.92 Å². The van der Waals surface area contributed by atoms with Crippen LogP contribution >= 0.6 is 0 Å². The molecule has 1 aromatic carbocycles. The maximum absolute atomic E-state index is 13.1. The van der Waals surface area contributed by atoms with Crippen LogP contribution in [0.3, 0.4) is 0 Å². The number of carbonyl (C=O) groups is 2. The summed E-state index contributed by atoms with van der Waals surface area (Å²) in [7, 11) is 1.60. The largest absolute Gasteiger partial charge is 0.467 e. The summed E-state index contributed by atoms with van der Waals surface area (Å²) in [6.07, 6.45) is 4.19.